The third kappa shape index (κ3) is 5.73. The lowest BCUT2D eigenvalue weighted by Gasteiger charge is -1.86. The van der Waals surface area contributed by atoms with Crippen molar-refractivity contribution in [1.82, 2.24) is 0 Å². The molecule has 2 rings (SSSR count). The molecule has 0 heterocycles. The van der Waals surface area contributed by atoms with Gasteiger partial charge >= 0.3 is 0 Å². The standard InChI is InChI=1S/C6H4Cl2.C6H6S/c7-5-1-2-6(8)4-3-5;7-6-4-2-1-3-5-6/h1-4H;1-5,7H. The fourth-order valence-electron chi connectivity index (χ4n) is 0.858. The molecule has 0 aromatic heterocycles. The first-order valence-electron chi connectivity index (χ1n) is 4.33. The van der Waals surface area contributed by atoms with E-state index in [9.17, 15) is 0 Å². The first kappa shape index (κ1) is 12.4. The molecule has 0 saturated heterocycles. The lowest BCUT2D eigenvalue weighted by Crippen LogP contribution is -1.60. The summed E-state index contributed by atoms with van der Waals surface area (Å²) < 4.78 is 0. The molecular formula is C12H10Cl2S. The summed E-state index contributed by atoms with van der Waals surface area (Å²) in [5.41, 5.74) is 0. The summed E-state index contributed by atoms with van der Waals surface area (Å²) in [6, 6.07) is 16.8. The van der Waals surface area contributed by atoms with Crippen LogP contribution in [-0.2, 0) is 0 Å². The molecule has 0 atom stereocenters. The Balaban J connectivity index is 0.000000151. The molecule has 0 aliphatic heterocycles. The van der Waals surface area contributed by atoms with Crippen molar-refractivity contribution in [2.75, 3.05) is 0 Å². The molecule has 2 aromatic rings. The highest BCUT2D eigenvalue weighted by molar-refractivity contribution is 7.80. The molecule has 0 nitrogen and oxygen atoms in total. The van der Waals surface area contributed by atoms with E-state index in [-0.39, 0.29) is 0 Å². The second-order valence-corrected chi connectivity index (χ2v) is 4.16. The summed E-state index contributed by atoms with van der Waals surface area (Å²) in [7, 11) is 0. The van der Waals surface area contributed by atoms with Crippen LogP contribution in [0.2, 0.25) is 10.0 Å². The summed E-state index contributed by atoms with van der Waals surface area (Å²) in [6.07, 6.45) is 0. The monoisotopic (exact) mass is 256 g/mol. The highest BCUT2D eigenvalue weighted by atomic mass is 35.5. The zero-order valence-electron chi connectivity index (χ0n) is 7.90. The lowest BCUT2D eigenvalue weighted by atomic mass is 10.4. The molecule has 78 valence electrons. The molecule has 2 aromatic carbocycles. The van der Waals surface area contributed by atoms with Crippen molar-refractivity contribution in [2.24, 2.45) is 0 Å². The summed E-state index contributed by atoms with van der Waals surface area (Å²) in [6.45, 7) is 0. The molecule has 3 heteroatoms. The largest absolute Gasteiger partial charge is 0.143 e. The summed E-state index contributed by atoms with van der Waals surface area (Å²) in [5, 5.41) is 1.43. The van der Waals surface area contributed by atoms with E-state index in [0.717, 1.165) is 14.9 Å². The van der Waals surface area contributed by atoms with Crippen LogP contribution < -0.4 is 0 Å². The molecule has 0 saturated carbocycles. The highest BCUT2D eigenvalue weighted by Crippen LogP contribution is 2.12. The van der Waals surface area contributed by atoms with Crippen LogP contribution in [0.25, 0.3) is 0 Å². The van der Waals surface area contributed by atoms with Crippen molar-refractivity contribution in [2.45, 2.75) is 4.90 Å². The Morgan fingerprint density at radius 3 is 1.33 bits per heavy atom. The van der Waals surface area contributed by atoms with Crippen molar-refractivity contribution >= 4 is 35.8 Å². The summed E-state index contributed by atoms with van der Waals surface area (Å²) in [5.74, 6) is 0. The molecule has 0 N–H and O–H groups in total. The van der Waals surface area contributed by atoms with Crippen LogP contribution in [0, 0.1) is 0 Å². The second-order valence-electron chi connectivity index (χ2n) is 2.77. The minimum absolute atomic E-state index is 0.717. The van der Waals surface area contributed by atoms with Gasteiger partial charge in [0.25, 0.3) is 0 Å². The number of hydrogen-bond acceptors (Lipinski definition) is 1. The van der Waals surface area contributed by atoms with Gasteiger partial charge in [-0.05, 0) is 36.4 Å². The molecule has 0 amide bonds. The van der Waals surface area contributed by atoms with Gasteiger partial charge in [0.2, 0.25) is 0 Å². The Morgan fingerprint density at radius 1 is 0.667 bits per heavy atom. The average molecular weight is 257 g/mol. The molecule has 0 radical (unpaired) electrons. The molecule has 0 unspecified atom stereocenters. The molecule has 0 spiro atoms. The van der Waals surface area contributed by atoms with Gasteiger partial charge in [0, 0.05) is 14.9 Å². The molecule has 15 heavy (non-hydrogen) atoms. The van der Waals surface area contributed by atoms with Gasteiger partial charge in [0.05, 0.1) is 0 Å². The molecule has 0 aliphatic carbocycles. The van der Waals surface area contributed by atoms with Gasteiger partial charge in [-0.2, -0.15) is 0 Å². The van der Waals surface area contributed by atoms with Crippen LogP contribution in [0.3, 0.4) is 0 Å². The minimum atomic E-state index is 0.717. The van der Waals surface area contributed by atoms with E-state index >= 15 is 0 Å². The van der Waals surface area contributed by atoms with Crippen LogP contribution in [0.5, 0.6) is 0 Å². The van der Waals surface area contributed by atoms with E-state index in [0.29, 0.717) is 0 Å². The van der Waals surface area contributed by atoms with Crippen LogP contribution in [0.1, 0.15) is 0 Å². The van der Waals surface area contributed by atoms with Gasteiger partial charge in [-0.25, -0.2) is 0 Å². The third-order valence-corrected chi connectivity index (χ3v) is 2.36. The predicted octanol–water partition coefficient (Wildman–Crippen LogP) is 4.97. The smallest absolute Gasteiger partial charge is 0.0407 e. The van der Waals surface area contributed by atoms with Gasteiger partial charge in [-0.1, -0.05) is 41.4 Å². The molecule has 0 aliphatic rings. The topological polar surface area (TPSA) is 0 Å². The number of halogens is 2. The van der Waals surface area contributed by atoms with E-state index in [1.807, 2.05) is 30.3 Å². The fraction of sp³-hybridized carbons (Fsp3) is 0. The maximum absolute atomic E-state index is 5.55. The zero-order chi connectivity index (χ0) is 11.1. The quantitative estimate of drug-likeness (QED) is 0.633. The summed E-state index contributed by atoms with van der Waals surface area (Å²) in [4.78, 5) is 1.02. The van der Waals surface area contributed by atoms with Crippen LogP contribution >= 0.6 is 35.8 Å². The zero-order valence-corrected chi connectivity index (χ0v) is 10.3. The van der Waals surface area contributed by atoms with Gasteiger partial charge in [-0.15, -0.1) is 12.6 Å². The van der Waals surface area contributed by atoms with E-state index in [4.69, 9.17) is 23.2 Å². The maximum Gasteiger partial charge on any atom is 0.0407 e. The SMILES string of the molecule is Clc1ccc(Cl)cc1.Sc1ccccc1. The van der Waals surface area contributed by atoms with Gasteiger partial charge in [-0.3, -0.25) is 0 Å². The Kier molecular flexibility index (Phi) is 5.62. The Labute approximate surface area is 105 Å². The number of benzene rings is 2. The van der Waals surface area contributed by atoms with Crippen LogP contribution in [0.4, 0.5) is 0 Å². The van der Waals surface area contributed by atoms with Gasteiger partial charge in [0.1, 0.15) is 0 Å². The first-order valence-corrected chi connectivity index (χ1v) is 5.54. The first-order chi connectivity index (χ1) is 7.18. The maximum atomic E-state index is 5.55. The number of hydrogen-bond donors (Lipinski definition) is 1. The normalized spacial score (nSPS) is 9.00. The van der Waals surface area contributed by atoms with Crippen molar-refractivity contribution in [3.8, 4) is 0 Å². The summed E-state index contributed by atoms with van der Waals surface area (Å²) >= 11 is 15.2. The van der Waals surface area contributed by atoms with Crippen LogP contribution in [0.15, 0.2) is 59.5 Å². The Bertz CT molecular complexity index is 363. The van der Waals surface area contributed by atoms with Crippen LogP contribution in [-0.4, -0.2) is 0 Å². The molecule has 0 fully saturated rings. The predicted molar refractivity (Wildman–Crippen MR) is 70.2 cm³/mol. The van der Waals surface area contributed by atoms with Gasteiger partial charge < -0.3 is 0 Å². The Morgan fingerprint density at radius 2 is 1.07 bits per heavy atom. The minimum Gasteiger partial charge on any atom is -0.143 e. The fourth-order valence-corrected chi connectivity index (χ4v) is 1.28. The number of thiol groups is 1. The highest BCUT2D eigenvalue weighted by Gasteiger charge is 1.83. The van der Waals surface area contributed by atoms with E-state index < -0.39 is 0 Å². The lowest BCUT2D eigenvalue weighted by molar-refractivity contribution is 1.48. The van der Waals surface area contributed by atoms with E-state index in [1.165, 1.54) is 0 Å². The Hall–Kier alpha value is -0.630. The van der Waals surface area contributed by atoms with Gasteiger partial charge in [0.15, 0.2) is 0 Å². The van der Waals surface area contributed by atoms with Crippen molar-refractivity contribution < 1.29 is 0 Å². The van der Waals surface area contributed by atoms with E-state index in [1.54, 1.807) is 24.3 Å². The van der Waals surface area contributed by atoms with E-state index in [2.05, 4.69) is 12.6 Å². The molecule has 0 bridgehead atoms. The van der Waals surface area contributed by atoms with Crippen molar-refractivity contribution in [1.29, 1.82) is 0 Å². The molecular weight excluding hydrogens is 247 g/mol. The average Bonchev–Trinajstić information content (AvgIpc) is 2.25. The number of rotatable bonds is 0. The second kappa shape index (κ2) is 6.78. The van der Waals surface area contributed by atoms with Crippen molar-refractivity contribution in [3.63, 3.8) is 0 Å². The van der Waals surface area contributed by atoms with Crippen molar-refractivity contribution in [3.05, 3.63) is 64.6 Å². The third-order valence-electron chi connectivity index (χ3n) is 1.56.